The van der Waals surface area contributed by atoms with Crippen LogP contribution in [0.2, 0.25) is 0 Å². The van der Waals surface area contributed by atoms with Crippen molar-refractivity contribution in [3.63, 3.8) is 0 Å². The Bertz CT molecular complexity index is 514. The highest BCUT2D eigenvalue weighted by Crippen LogP contribution is 2.11. The molecule has 16 heavy (non-hydrogen) atoms. The van der Waals surface area contributed by atoms with Crippen molar-refractivity contribution in [3.8, 4) is 5.75 Å². The Morgan fingerprint density at radius 1 is 1.19 bits per heavy atom. The molecule has 0 radical (unpaired) electrons. The normalized spacial score (nSPS) is 10.1. The van der Waals surface area contributed by atoms with E-state index in [1.807, 2.05) is 30.3 Å². The van der Waals surface area contributed by atoms with E-state index < -0.39 is 0 Å². The minimum atomic E-state index is -0.386. The second kappa shape index (κ2) is 4.66. The fourth-order valence-corrected chi connectivity index (χ4v) is 1.40. The van der Waals surface area contributed by atoms with Gasteiger partial charge in [-0.15, -0.1) is 0 Å². The lowest BCUT2D eigenvalue weighted by Gasteiger charge is -2.05. The molecule has 3 nitrogen and oxygen atoms in total. The Morgan fingerprint density at radius 3 is 2.62 bits per heavy atom. The van der Waals surface area contributed by atoms with Crippen LogP contribution in [0.4, 0.5) is 0 Å². The van der Waals surface area contributed by atoms with Crippen LogP contribution in [0.5, 0.6) is 5.75 Å². The third kappa shape index (κ3) is 2.73. The average molecular weight is 216 g/mol. The maximum Gasteiger partial charge on any atom is 0.339 e. The molecule has 0 bridgehead atoms. The molecule has 2 aromatic rings. The van der Waals surface area contributed by atoms with E-state index in [9.17, 15) is 4.79 Å². The Kier molecular flexibility index (Phi) is 3.05. The molecule has 82 valence electrons. The Morgan fingerprint density at radius 2 is 1.94 bits per heavy atom. The molecule has 1 aromatic carbocycles. The molecule has 0 saturated carbocycles. The molecular weight excluding hydrogens is 204 g/mol. The molecular formula is C13H12O3. The SMILES string of the molecule is Cc1cc(OCc2ccccc2)cc(=O)o1. The zero-order valence-electron chi connectivity index (χ0n) is 8.97. The average Bonchev–Trinajstić information content (AvgIpc) is 2.27. The fourth-order valence-electron chi connectivity index (χ4n) is 1.40. The molecule has 0 spiro atoms. The molecule has 0 aliphatic rings. The zero-order chi connectivity index (χ0) is 11.4. The summed E-state index contributed by atoms with van der Waals surface area (Å²) in [7, 11) is 0. The largest absolute Gasteiger partial charge is 0.489 e. The molecule has 0 atom stereocenters. The third-order valence-corrected chi connectivity index (χ3v) is 2.12. The summed E-state index contributed by atoms with van der Waals surface area (Å²) in [4.78, 5) is 11.1. The first-order chi connectivity index (χ1) is 7.74. The summed E-state index contributed by atoms with van der Waals surface area (Å²) in [5.41, 5.74) is 0.677. The quantitative estimate of drug-likeness (QED) is 0.791. The lowest BCUT2D eigenvalue weighted by molar-refractivity contribution is 0.300. The van der Waals surface area contributed by atoms with E-state index in [2.05, 4.69) is 0 Å². The lowest BCUT2D eigenvalue weighted by atomic mass is 10.2. The molecule has 0 saturated heterocycles. The van der Waals surface area contributed by atoms with Gasteiger partial charge < -0.3 is 9.15 Å². The van der Waals surface area contributed by atoms with E-state index in [1.165, 1.54) is 6.07 Å². The monoisotopic (exact) mass is 216 g/mol. The van der Waals surface area contributed by atoms with E-state index in [1.54, 1.807) is 13.0 Å². The summed E-state index contributed by atoms with van der Waals surface area (Å²) in [5, 5.41) is 0. The van der Waals surface area contributed by atoms with Gasteiger partial charge >= 0.3 is 5.63 Å². The molecule has 0 aliphatic carbocycles. The van der Waals surface area contributed by atoms with E-state index in [0.717, 1.165) is 5.56 Å². The molecule has 3 heteroatoms. The Balaban J connectivity index is 2.08. The number of ether oxygens (including phenoxy) is 1. The number of benzene rings is 1. The van der Waals surface area contributed by atoms with Crippen LogP contribution < -0.4 is 10.4 Å². The Labute approximate surface area is 93.3 Å². The van der Waals surface area contributed by atoms with E-state index >= 15 is 0 Å². The number of hydrogen-bond donors (Lipinski definition) is 0. The van der Waals surface area contributed by atoms with Crippen LogP contribution >= 0.6 is 0 Å². The molecule has 0 unspecified atom stereocenters. The number of hydrogen-bond acceptors (Lipinski definition) is 3. The maximum atomic E-state index is 11.1. The van der Waals surface area contributed by atoms with Gasteiger partial charge in [0.1, 0.15) is 18.1 Å². The zero-order valence-corrected chi connectivity index (χ0v) is 8.97. The minimum absolute atomic E-state index is 0.386. The molecule has 0 fully saturated rings. The predicted molar refractivity (Wildman–Crippen MR) is 60.5 cm³/mol. The second-order valence-electron chi connectivity index (χ2n) is 3.50. The van der Waals surface area contributed by atoms with Crippen molar-refractivity contribution in [1.82, 2.24) is 0 Å². The van der Waals surface area contributed by atoms with Crippen LogP contribution in [0.25, 0.3) is 0 Å². The van der Waals surface area contributed by atoms with Crippen molar-refractivity contribution in [1.29, 1.82) is 0 Å². The van der Waals surface area contributed by atoms with Crippen LogP contribution in [-0.2, 0) is 6.61 Å². The van der Waals surface area contributed by atoms with Gasteiger partial charge in [-0.2, -0.15) is 0 Å². The highest BCUT2D eigenvalue weighted by Gasteiger charge is 1.99. The highest BCUT2D eigenvalue weighted by molar-refractivity contribution is 5.21. The first kappa shape index (κ1) is 10.5. The van der Waals surface area contributed by atoms with Crippen molar-refractivity contribution >= 4 is 0 Å². The molecule has 2 rings (SSSR count). The van der Waals surface area contributed by atoms with Crippen LogP contribution in [0.1, 0.15) is 11.3 Å². The second-order valence-corrected chi connectivity index (χ2v) is 3.50. The van der Waals surface area contributed by atoms with Gasteiger partial charge in [-0.1, -0.05) is 30.3 Å². The molecule has 0 amide bonds. The van der Waals surface area contributed by atoms with Crippen LogP contribution in [0.15, 0.2) is 51.7 Å². The van der Waals surface area contributed by atoms with Crippen molar-refractivity contribution < 1.29 is 9.15 Å². The van der Waals surface area contributed by atoms with Gasteiger partial charge in [0.05, 0.1) is 6.07 Å². The highest BCUT2D eigenvalue weighted by atomic mass is 16.5. The van der Waals surface area contributed by atoms with Gasteiger partial charge in [-0.25, -0.2) is 4.79 Å². The molecule has 0 aliphatic heterocycles. The third-order valence-electron chi connectivity index (χ3n) is 2.12. The summed E-state index contributed by atoms with van der Waals surface area (Å²) >= 11 is 0. The first-order valence-corrected chi connectivity index (χ1v) is 5.02. The summed E-state index contributed by atoms with van der Waals surface area (Å²) in [6.07, 6.45) is 0. The lowest BCUT2D eigenvalue weighted by Crippen LogP contribution is -2.01. The summed E-state index contributed by atoms with van der Waals surface area (Å²) in [6, 6.07) is 12.8. The minimum Gasteiger partial charge on any atom is -0.489 e. The summed E-state index contributed by atoms with van der Waals surface area (Å²) in [5.74, 6) is 1.09. The van der Waals surface area contributed by atoms with Gasteiger partial charge in [0, 0.05) is 6.07 Å². The Hall–Kier alpha value is -2.03. The van der Waals surface area contributed by atoms with Gasteiger partial charge in [-0.3, -0.25) is 0 Å². The standard InChI is InChI=1S/C13H12O3/c1-10-7-12(8-13(14)16-10)15-9-11-5-3-2-4-6-11/h2-8H,9H2,1H3. The van der Waals surface area contributed by atoms with Crippen LogP contribution in [-0.4, -0.2) is 0 Å². The van der Waals surface area contributed by atoms with Gasteiger partial charge in [0.2, 0.25) is 0 Å². The molecule has 0 N–H and O–H groups in total. The van der Waals surface area contributed by atoms with Crippen molar-refractivity contribution in [2.75, 3.05) is 0 Å². The molecule has 1 aromatic heterocycles. The van der Waals surface area contributed by atoms with E-state index in [0.29, 0.717) is 18.1 Å². The van der Waals surface area contributed by atoms with E-state index in [-0.39, 0.29) is 5.63 Å². The maximum absolute atomic E-state index is 11.1. The van der Waals surface area contributed by atoms with Gasteiger partial charge in [-0.05, 0) is 12.5 Å². The van der Waals surface area contributed by atoms with E-state index in [4.69, 9.17) is 9.15 Å². The van der Waals surface area contributed by atoms with Crippen LogP contribution in [0.3, 0.4) is 0 Å². The topological polar surface area (TPSA) is 39.4 Å². The van der Waals surface area contributed by atoms with Crippen molar-refractivity contribution in [2.45, 2.75) is 13.5 Å². The van der Waals surface area contributed by atoms with Crippen molar-refractivity contribution in [2.24, 2.45) is 0 Å². The van der Waals surface area contributed by atoms with Crippen LogP contribution in [0, 0.1) is 6.92 Å². The van der Waals surface area contributed by atoms with Gasteiger partial charge in [0.15, 0.2) is 0 Å². The molecule has 1 heterocycles. The summed E-state index contributed by atoms with van der Waals surface area (Å²) < 4.78 is 10.3. The number of aryl methyl sites for hydroxylation is 1. The number of rotatable bonds is 3. The van der Waals surface area contributed by atoms with Gasteiger partial charge in [0.25, 0.3) is 0 Å². The fraction of sp³-hybridized carbons (Fsp3) is 0.154. The smallest absolute Gasteiger partial charge is 0.339 e. The van der Waals surface area contributed by atoms with Crippen molar-refractivity contribution in [3.05, 3.63) is 64.2 Å². The predicted octanol–water partition coefficient (Wildman–Crippen LogP) is 2.53. The first-order valence-electron chi connectivity index (χ1n) is 5.02. The summed E-state index contributed by atoms with van der Waals surface area (Å²) in [6.45, 7) is 2.17.